The predicted molar refractivity (Wildman–Crippen MR) is 183 cm³/mol. The number of rotatable bonds is 13. The number of benzene rings is 1. The molecule has 0 amide bonds. The van der Waals surface area contributed by atoms with Crippen molar-refractivity contribution in [2.45, 2.75) is 65.2 Å². The highest BCUT2D eigenvalue weighted by molar-refractivity contribution is 6.19. The number of hydrogen-bond acceptors (Lipinski definition) is 6. The van der Waals surface area contributed by atoms with Crippen LogP contribution in [0.4, 0.5) is 0 Å². The molecule has 0 aromatic heterocycles. The molecule has 0 N–H and O–H groups in total. The lowest BCUT2D eigenvalue weighted by Crippen LogP contribution is -2.05. The van der Waals surface area contributed by atoms with Gasteiger partial charge in [0.1, 0.15) is 11.5 Å². The van der Waals surface area contributed by atoms with Crippen molar-refractivity contribution in [3.63, 3.8) is 0 Å². The topological polar surface area (TPSA) is 67.9 Å². The number of allylic oxidation sites excluding steroid dienone is 12. The van der Waals surface area contributed by atoms with Crippen LogP contribution in [0.2, 0.25) is 0 Å². The highest BCUT2D eigenvalue weighted by Crippen LogP contribution is 2.42. The number of nitrogens with zero attached hydrogens (tertiary/aromatic N) is 4. The maximum Gasteiger partial charge on any atom is 0.130 e. The van der Waals surface area contributed by atoms with Gasteiger partial charge in [-0.2, -0.15) is 0 Å². The van der Waals surface area contributed by atoms with Gasteiger partial charge >= 0.3 is 0 Å². The van der Waals surface area contributed by atoms with Crippen LogP contribution < -0.4 is 9.47 Å². The summed E-state index contributed by atoms with van der Waals surface area (Å²) in [7, 11) is 0. The SMILES string of the molecule is CCCCCCOc1cccc(OCCCCCC)c1C1=CC2=NC1=CC1=NC(=CC3=NC(=CC4=NC(=C2)C=C4)C=C3)C=C1. The van der Waals surface area contributed by atoms with Crippen molar-refractivity contribution in [1.29, 1.82) is 0 Å². The summed E-state index contributed by atoms with van der Waals surface area (Å²) in [6.45, 7) is 5.78. The Morgan fingerprint density at radius 1 is 0.500 bits per heavy atom. The Hall–Kier alpha value is -4.58. The standard InChI is InChI=1S/C38H40N4O2/c1-3-5-7-9-20-43-36-12-11-13-37(44-21-10-8-6-4-2)38(36)34-25-33-24-31-17-16-29(40-31)22-27-14-15-28(39-27)23-30-18-19-32(41-30)26-35(34)42-33/h11-19,22-26H,3-10,20-21H2,1-2H3. The molecule has 0 unspecified atom stereocenters. The van der Waals surface area contributed by atoms with Crippen molar-refractivity contribution >= 4 is 28.4 Å². The van der Waals surface area contributed by atoms with E-state index in [0.29, 0.717) is 13.2 Å². The van der Waals surface area contributed by atoms with Crippen LogP contribution in [0.25, 0.3) is 5.57 Å². The molecular formula is C38H40N4O2. The quantitative estimate of drug-likeness (QED) is 0.217. The minimum Gasteiger partial charge on any atom is -0.493 e. The van der Waals surface area contributed by atoms with Crippen molar-refractivity contribution in [3.8, 4) is 11.5 Å². The minimum absolute atomic E-state index is 0.663. The highest BCUT2D eigenvalue weighted by atomic mass is 16.5. The van der Waals surface area contributed by atoms with Gasteiger partial charge in [0, 0.05) is 5.57 Å². The van der Waals surface area contributed by atoms with E-state index < -0.39 is 0 Å². The minimum atomic E-state index is 0.663. The highest BCUT2D eigenvalue weighted by Gasteiger charge is 2.24. The van der Waals surface area contributed by atoms with Gasteiger partial charge in [-0.1, -0.05) is 58.4 Å². The first-order valence-electron chi connectivity index (χ1n) is 16.1. The van der Waals surface area contributed by atoms with Crippen LogP contribution in [-0.4, -0.2) is 36.1 Å². The van der Waals surface area contributed by atoms with Crippen molar-refractivity contribution in [2.75, 3.05) is 13.2 Å². The molecule has 0 saturated heterocycles. The van der Waals surface area contributed by atoms with E-state index in [2.05, 4.69) is 19.9 Å². The third-order valence-corrected chi connectivity index (χ3v) is 7.81. The first-order valence-corrected chi connectivity index (χ1v) is 16.1. The molecule has 5 heterocycles. The zero-order valence-corrected chi connectivity index (χ0v) is 25.8. The average Bonchev–Trinajstić information content (AvgIpc) is 3.83. The van der Waals surface area contributed by atoms with Crippen LogP contribution in [0.3, 0.4) is 0 Å². The van der Waals surface area contributed by atoms with Gasteiger partial charge in [-0.25, -0.2) is 20.0 Å². The van der Waals surface area contributed by atoms with Crippen LogP contribution >= 0.6 is 0 Å². The second-order valence-corrected chi connectivity index (χ2v) is 11.4. The molecule has 0 aliphatic carbocycles. The Morgan fingerprint density at radius 3 is 1.52 bits per heavy atom. The molecule has 0 radical (unpaired) electrons. The Labute approximate surface area is 260 Å². The van der Waals surface area contributed by atoms with E-state index in [0.717, 1.165) is 94.0 Å². The molecular weight excluding hydrogens is 544 g/mol. The lowest BCUT2D eigenvalue weighted by Gasteiger charge is -2.18. The fraction of sp³-hybridized carbons (Fsp3) is 0.316. The maximum absolute atomic E-state index is 6.45. The summed E-state index contributed by atoms with van der Waals surface area (Å²) in [5, 5.41) is 0. The molecule has 44 heavy (non-hydrogen) atoms. The summed E-state index contributed by atoms with van der Waals surface area (Å²) in [4.78, 5) is 19.5. The van der Waals surface area contributed by atoms with Crippen molar-refractivity contribution in [2.24, 2.45) is 20.0 Å². The molecule has 6 rings (SSSR count). The largest absolute Gasteiger partial charge is 0.493 e. The second kappa shape index (κ2) is 14.3. The van der Waals surface area contributed by atoms with Gasteiger partial charge in [-0.15, -0.1) is 0 Å². The van der Waals surface area contributed by atoms with E-state index in [-0.39, 0.29) is 0 Å². The summed E-state index contributed by atoms with van der Waals surface area (Å²) in [5.41, 5.74) is 8.67. The number of unbranched alkanes of at least 4 members (excludes halogenated alkanes) is 6. The second-order valence-electron chi connectivity index (χ2n) is 11.4. The lowest BCUT2D eigenvalue weighted by atomic mass is 9.99. The van der Waals surface area contributed by atoms with E-state index in [1.807, 2.05) is 79.0 Å². The van der Waals surface area contributed by atoms with E-state index in [1.165, 1.54) is 25.7 Å². The molecule has 5 aliphatic heterocycles. The van der Waals surface area contributed by atoms with Gasteiger partial charge in [-0.05, 0) is 91.8 Å². The molecule has 0 fully saturated rings. The van der Waals surface area contributed by atoms with Crippen LogP contribution in [0.1, 0.15) is 70.8 Å². The molecule has 0 atom stereocenters. The molecule has 0 saturated carbocycles. The van der Waals surface area contributed by atoms with E-state index >= 15 is 0 Å². The smallest absolute Gasteiger partial charge is 0.130 e. The lowest BCUT2D eigenvalue weighted by molar-refractivity contribution is 0.289. The first kappa shape index (κ1) is 29.5. The van der Waals surface area contributed by atoms with Gasteiger partial charge in [0.05, 0.1) is 64.4 Å². The normalized spacial score (nSPS) is 17.8. The van der Waals surface area contributed by atoms with Gasteiger partial charge in [0.2, 0.25) is 0 Å². The number of ether oxygens (including phenoxy) is 2. The van der Waals surface area contributed by atoms with Crippen LogP contribution in [0.15, 0.2) is 128 Å². The van der Waals surface area contributed by atoms with Crippen molar-refractivity contribution < 1.29 is 9.47 Å². The van der Waals surface area contributed by atoms with Gasteiger partial charge in [0.25, 0.3) is 0 Å². The summed E-state index contributed by atoms with van der Waals surface area (Å²) >= 11 is 0. The third kappa shape index (κ3) is 7.31. The summed E-state index contributed by atoms with van der Waals surface area (Å²) in [6.07, 6.45) is 31.4. The van der Waals surface area contributed by atoms with Crippen molar-refractivity contribution in [3.05, 3.63) is 113 Å². The molecule has 1 aromatic rings. The zero-order chi connectivity index (χ0) is 30.1. The third-order valence-electron chi connectivity index (χ3n) is 7.81. The molecule has 1 aromatic carbocycles. The first-order chi connectivity index (χ1) is 21.7. The Bertz CT molecular complexity index is 1640. The maximum atomic E-state index is 6.45. The molecule has 6 nitrogen and oxygen atoms in total. The fourth-order valence-corrected chi connectivity index (χ4v) is 5.54. The molecule has 6 heteroatoms. The Morgan fingerprint density at radius 2 is 1.00 bits per heavy atom. The number of hydrogen-bond donors (Lipinski definition) is 0. The van der Waals surface area contributed by atoms with E-state index in [1.54, 1.807) is 0 Å². The van der Waals surface area contributed by atoms with Crippen LogP contribution in [0, 0.1) is 0 Å². The zero-order valence-electron chi connectivity index (χ0n) is 25.8. The summed E-state index contributed by atoms with van der Waals surface area (Å²) in [5.74, 6) is 1.63. The average molecular weight is 585 g/mol. The Kier molecular flexibility index (Phi) is 9.56. The molecule has 0 spiro atoms. The monoisotopic (exact) mass is 584 g/mol. The van der Waals surface area contributed by atoms with Crippen LogP contribution in [0.5, 0.6) is 11.5 Å². The number of fused-ring (bicyclic) bond motifs is 4. The van der Waals surface area contributed by atoms with Gasteiger partial charge < -0.3 is 9.47 Å². The fourth-order valence-electron chi connectivity index (χ4n) is 5.54. The van der Waals surface area contributed by atoms with Gasteiger partial charge in [0.15, 0.2) is 0 Å². The van der Waals surface area contributed by atoms with Crippen molar-refractivity contribution in [1.82, 2.24) is 0 Å². The van der Waals surface area contributed by atoms with Crippen LogP contribution in [-0.2, 0) is 0 Å². The molecule has 224 valence electrons. The summed E-state index contributed by atoms with van der Waals surface area (Å²) in [6, 6.07) is 6.12. The van der Waals surface area contributed by atoms with E-state index in [9.17, 15) is 0 Å². The Balaban J connectivity index is 1.39. The summed E-state index contributed by atoms with van der Waals surface area (Å²) < 4.78 is 12.9. The van der Waals surface area contributed by atoms with E-state index in [4.69, 9.17) is 29.4 Å². The molecule has 8 bridgehead atoms. The predicted octanol–water partition coefficient (Wildman–Crippen LogP) is 9.02. The van der Waals surface area contributed by atoms with Gasteiger partial charge in [-0.3, -0.25) is 0 Å². The number of aliphatic imine (C=N–C) groups is 4. The molecule has 5 aliphatic rings.